The number of para-hydroxylation sites is 1. The van der Waals surface area contributed by atoms with E-state index in [1.54, 1.807) is 41.3 Å². The van der Waals surface area contributed by atoms with Gasteiger partial charge in [0.1, 0.15) is 6.61 Å². The van der Waals surface area contributed by atoms with E-state index < -0.39 is 0 Å². The van der Waals surface area contributed by atoms with E-state index in [2.05, 4.69) is 10.2 Å². The fraction of sp³-hybridized carbons (Fsp3) is 0.250. The van der Waals surface area contributed by atoms with Crippen LogP contribution in [0, 0.1) is 0 Å². The number of nitrogens with one attached hydrogen (secondary N) is 1. The van der Waals surface area contributed by atoms with Crippen molar-refractivity contribution in [2.45, 2.75) is 25.5 Å². The van der Waals surface area contributed by atoms with Crippen LogP contribution in [0.15, 0.2) is 78.9 Å². The van der Waals surface area contributed by atoms with Gasteiger partial charge < -0.3 is 10.1 Å². The van der Waals surface area contributed by atoms with E-state index in [1.165, 1.54) is 0 Å². The number of carbonyl (C=O) groups is 3. The first-order chi connectivity index (χ1) is 17.1. The van der Waals surface area contributed by atoms with Gasteiger partial charge in [0.15, 0.2) is 5.78 Å². The molecule has 0 saturated carbocycles. The molecular weight excluding hydrogens is 478 g/mol. The highest BCUT2D eigenvalue weighted by Gasteiger charge is 2.34. The number of anilines is 2. The van der Waals surface area contributed by atoms with Crippen molar-refractivity contribution in [1.82, 2.24) is 4.90 Å². The van der Waals surface area contributed by atoms with Crippen molar-refractivity contribution >= 4 is 41.6 Å². The van der Waals surface area contributed by atoms with Crippen molar-refractivity contribution in [1.29, 1.82) is 0 Å². The van der Waals surface area contributed by atoms with Gasteiger partial charge in [0, 0.05) is 41.5 Å². The van der Waals surface area contributed by atoms with Gasteiger partial charge in [0.25, 0.3) is 0 Å². The number of hydrogen-bond donors (Lipinski definition) is 1. The van der Waals surface area contributed by atoms with Crippen LogP contribution in [0.2, 0.25) is 0 Å². The summed E-state index contributed by atoms with van der Waals surface area (Å²) in [6.45, 7) is 1.97. The summed E-state index contributed by atoms with van der Waals surface area (Å²) in [5.74, 6) is -0.211. The van der Waals surface area contributed by atoms with Crippen LogP contribution in [0.5, 0.6) is 0 Å². The highest BCUT2D eigenvalue weighted by molar-refractivity contribution is 6.09. The molecule has 3 aromatic carbocycles. The Morgan fingerprint density at radius 1 is 0.889 bits per heavy atom. The van der Waals surface area contributed by atoms with Crippen LogP contribution in [-0.4, -0.2) is 48.4 Å². The maximum atomic E-state index is 12.7. The van der Waals surface area contributed by atoms with Crippen molar-refractivity contribution in [2.24, 2.45) is 0 Å². The lowest BCUT2D eigenvalue weighted by molar-refractivity contribution is -0.117. The Morgan fingerprint density at radius 3 is 2.36 bits per heavy atom. The number of hydrogen-bond acceptors (Lipinski definition) is 5. The molecule has 2 heterocycles. The molecule has 0 atom stereocenters. The molecule has 0 unspecified atom stereocenters. The number of amides is 2. The molecule has 2 amide bonds. The van der Waals surface area contributed by atoms with E-state index in [9.17, 15) is 14.4 Å². The van der Waals surface area contributed by atoms with Gasteiger partial charge in [-0.3, -0.25) is 19.4 Å². The van der Waals surface area contributed by atoms with E-state index in [-0.39, 0.29) is 42.8 Å². The lowest BCUT2D eigenvalue weighted by atomic mass is 10.0. The molecule has 36 heavy (non-hydrogen) atoms. The highest BCUT2D eigenvalue weighted by atomic mass is 35.5. The maximum absolute atomic E-state index is 12.7. The van der Waals surface area contributed by atoms with Crippen molar-refractivity contribution in [3.63, 3.8) is 0 Å². The molecule has 1 N–H and O–H groups in total. The molecule has 0 aliphatic carbocycles. The molecule has 5 rings (SSSR count). The number of likely N-dealkylation sites (tertiary alicyclic amines) is 1. The summed E-state index contributed by atoms with van der Waals surface area (Å²) in [6, 6.07) is 24.0. The van der Waals surface area contributed by atoms with Gasteiger partial charge in [-0.15, -0.1) is 12.4 Å². The van der Waals surface area contributed by atoms with E-state index >= 15 is 0 Å². The molecular formula is C28H28ClN3O4. The topological polar surface area (TPSA) is 79.0 Å². The smallest absolute Gasteiger partial charge is 0.414 e. The normalized spacial score (nSPS) is 15.9. The van der Waals surface area contributed by atoms with Gasteiger partial charge in [-0.25, -0.2) is 4.79 Å². The van der Waals surface area contributed by atoms with Crippen molar-refractivity contribution in [3.8, 4) is 0 Å². The fourth-order valence-electron chi connectivity index (χ4n) is 4.75. The molecule has 1 saturated heterocycles. The van der Waals surface area contributed by atoms with E-state index in [4.69, 9.17) is 4.74 Å². The third-order valence-corrected chi connectivity index (χ3v) is 6.53. The summed E-state index contributed by atoms with van der Waals surface area (Å²) < 4.78 is 5.37. The number of halogens is 1. The zero-order valence-electron chi connectivity index (χ0n) is 19.8. The number of fused-ring (bicyclic) bond motifs is 1. The average Bonchev–Trinajstić information content (AvgIpc) is 2.89. The van der Waals surface area contributed by atoms with Crippen LogP contribution >= 0.6 is 12.4 Å². The second kappa shape index (κ2) is 11.4. The minimum absolute atomic E-state index is 0. The van der Waals surface area contributed by atoms with Gasteiger partial charge in [0.05, 0.1) is 12.2 Å². The first kappa shape index (κ1) is 25.4. The first-order valence-corrected chi connectivity index (χ1v) is 11.8. The first-order valence-electron chi connectivity index (χ1n) is 11.8. The molecule has 3 aromatic rings. The molecule has 8 heteroatoms. The Balaban J connectivity index is 0.00000304. The zero-order valence-corrected chi connectivity index (χ0v) is 20.6. The predicted octanol–water partition coefficient (Wildman–Crippen LogP) is 4.90. The standard InChI is InChI=1S/C28H27N3O4.ClH/c32-26(29-23-11-6-10-21(17-23)27(33)20-7-2-1-3-8-20)18-30-15-13-24(14-16-30)31-25-12-5-4-9-22(25)19-35-28(31)34;/h1-12,17,24H,13-16,18-19H2,(H,29,32);1H. The van der Waals surface area contributed by atoms with E-state index in [1.807, 2.05) is 42.5 Å². The molecule has 0 radical (unpaired) electrons. The lowest BCUT2D eigenvalue weighted by Gasteiger charge is -2.40. The third kappa shape index (κ3) is 5.58. The Morgan fingerprint density at radius 2 is 1.58 bits per heavy atom. The number of ether oxygens (including phenoxy) is 1. The largest absolute Gasteiger partial charge is 0.444 e. The SMILES string of the molecule is Cl.O=C(CN1CCC(N2C(=O)OCc3ccccc32)CC1)Nc1cccc(C(=O)c2ccccc2)c1. The quantitative estimate of drug-likeness (QED) is 0.482. The minimum atomic E-state index is -0.301. The van der Waals surface area contributed by atoms with Crippen molar-refractivity contribution in [3.05, 3.63) is 95.6 Å². The number of piperidine rings is 1. The molecule has 1 fully saturated rings. The highest BCUT2D eigenvalue weighted by Crippen LogP contribution is 2.31. The molecule has 0 spiro atoms. The second-order valence-electron chi connectivity index (χ2n) is 8.88. The number of nitrogens with zero attached hydrogens (tertiary/aromatic N) is 2. The number of carbonyl (C=O) groups excluding carboxylic acids is 3. The second-order valence-corrected chi connectivity index (χ2v) is 8.88. The van der Waals surface area contributed by atoms with Crippen LogP contribution in [0.3, 0.4) is 0 Å². The summed E-state index contributed by atoms with van der Waals surface area (Å²) >= 11 is 0. The average molecular weight is 506 g/mol. The van der Waals surface area contributed by atoms with Gasteiger partial charge >= 0.3 is 6.09 Å². The summed E-state index contributed by atoms with van der Waals surface area (Å²) in [4.78, 5) is 41.8. The monoisotopic (exact) mass is 505 g/mol. The summed E-state index contributed by atoms with van der Waals surface area (Å²) in [7, 11) is 0. The fourth-order valence-corrected chi connectivity index (χ4v) is 4.75. The number of ketones is 1. The summed E-state index contributed by atoms with van der Waals surface area (Å²) in [6.07, 6.45) is 1.22. The Kier molecular flexibility index (Phi) is 8.03. The molecule has 0 aromatic heterocycles. The Labute approximate surface area is 216 Å². The van der Waals surface area contributed by atoms with Crippen LogP contribution in [0.4, 0.5) is 16.2 Å². The van der Waals surface area contributed by atoms with Gasteiger partial charge in [-0.1, -0.05) is 60.7 Å². The zero-order chi connectivity index (χ0) is 24.2. The number of cyclic esters (lactones) is 1. The Bertz CT molecular complexity index is 1240. The minimum Gasteiger partial charge on any atom is -0.444 e. The molecule has 0 bridgehead atoms. The molecule has 7 nitrogen and oxygen atoms in total. The lowest BCUT2D eigenvalue weighted by Crippen LogP contribution is -2.50. The third-order valence-electron chi connectivity index (χ3n) is 6.53. The summed E-state index contributed by atoms with van der Waals surface area (Å²) in [5, 5.41) is 2.91. The number of rotatable bonds is 6. The van der Waals surface area contributed by atoms with Crippen LogP contribution in [0.25, 0.3) is 0 Å². The summed E-state index contributed by atoms with van der Waals surface area (Å²) in [5.41, 5.74) is 3.67. The molecule has 2 aliphatic heterocycles. The van der Waals surface area contributed by atoms with Gasteiger partial charge in [-0.05, 0) is 31.0 Å². The van der Waals surface area contributed by atoms with Crippen LogP contribution < -0.4 is 10.2 Å². The van der Waals surface area contributed by atoms with Crippen molar-refractivity contribution in [2.75, 3.05) is 29.9 Å². The van der Waals surface area contributed by atoms with Crippen LogP contribution in [0.1, 0.15) is 34.3 Å². The van der Waals surface area contributed by atoms with Crippen molar-refractivity contribution < 1.29 is 19.1 Å². The molecule has 2 aliphatic rings. The maximum Gasteiger partial charge on any atom is 0.414 e. The predicted molar refractivity (Wildman–Crippen MR) is 141 cm³/mol. The Hall–Kier alpha value is -3.68. The van der Waals surface area contributed by atoms with Gasteiger partial charge in [-0.2, -0.15) is 0 Å². The van der Waals surface area contributed by atoms with E-state index in [0.717, 1.165) is 24.1 Å². The van der Waals surface area contributed by atoms with E-state index in [0.29, 0.717) is 36.5 Å². The molecule has 186 valence electrons. The van der Waals surface area contributed by atoms with Gasteiger partial charge in [0.2, 0.25) is 5.91 Å². The van der Waals surface area contributed by atoms with Crippen LogP contribution in [-0.2, 0) is 16.1 Å². The number of benzene rings is 3.